The van der Waals surface area contributed by atoms with Gasteiger partial charge in [0.05, 0.1) is 5.97 Å². The van der Waals surface area contributed by atoms with Crippen LogP contribution >= 0.6 is 0 Å². The Morgan fingerprint density at radius 2 is 2.07 bits per heavy atom. The summed E-state index contributed by atoms with van der Waals surface area (Å²) < 4.78 is 0. The lowest BCUT2D eigenvalue weighted by atomic mass is 10.1. The van der Waals surface area contributed by atoms with E-state index in [1.54, 1.807) is 0 Å². The molecule has 0 rings (SSSR count). The number of carbonyl (C=O) groups excluding carboxylic acids is 2. The Balaban J connectivity index is 3.47. The predicted molar refractivity (Wildman–Crippen MR) is 44.7 cm³/mol. The molecule has 0 heterocycles. The second-order valence-corrected chi connectivity index (χ2v) is 3.15. The minimum atomic E-state index is -1.17. The third-order valence-corrected chi connectivity index (χ3v) is 1.87. The molecule has 0 fully saturated rings. The second kappa shape index (κ2) is 6.33. The van der Waals surface area contributed by atoms with Crippen LogP contribution in [0.5, 0.6) is 0 Å². The van der Waals surface area contributed by atoms with E-state index in [4.69, 9.17) is 5.21 Å². The first kappa shape index (κ1) is 12.9. The number of unbranched alkanes of at least 4 members (excludes halogenated alkanes) is 1. The molecule has 4 N–H and O–H groups in total. The van der Waals surface area contributed by atoms with Gasteiger partial charge in [0.25, 0.3) is 0 Å². The summed E-state index contributed by atoms with van der Waals surface area (Å²) in [6.45, 7) is 1.47. The molecule has 0 aliphatic heterocycles. The maximum atomic E-state index is 10.5. The van der Waals surface area contributed by atoms with Gasteiger partial charge in [0.1, 0.15) is 6.04 Å². The zero-order valence-electron chi connectivity index (χ0n) is 8.23. The van der Waals surface area contributed by atoms with Crippen molar-refractivity contribution in [3.8, 4) is 0 Å². The molecule has 82 valence electrons. The maximum absolute atomic E-state index is 10.5. The fourth-order valence-corrected chi connectivity index (χ4v) is 0.928. The lowest BCUT2D eigenvalue weighted by Gasteiger charge is -2.13. The molecule has 0 aromatic carbocycles. The van der Waals surface area contributed by atoms with Gasteiger partial charge < -0.3 is 15.6 Å². The summed E-state index contributed by atoms with van der Waals surface area (Å²) in [4.78, 5) is 20.8. The molecular formula is C8H16N2O4. The van der Waals surface area contributed by atoms with Crippen LogP contribution in [-0.2, 0) is 9.59 Å². The number of amides is 1. The molecule has 0 unspecified atom stereocenters. The topological polar surface area (TPSA) is 108 Å². The Labute approximate surface area is 82.3 Å². The van der Waals surface area contributed by atoms with Crippen molar-refractivity contribution in [2.75, 3.05) is 6.54 Å². The number of hydrogen-bond donors (Lipinski definition) is 2. The fraction of sp³-hybridized carbons (Fsp3) is 0.750. The predicted octanol–water partition coefficient (Wildman–Crippen LogP) is -2.25. The molecule has 14 heavy (non-hydrogen) atoms. The lowest BCUT2D eigenvalue weighted by molar-refractivity contribution is -0.438. The third kappa shape index (κ3) is 5.50. The first-order chi connectivity index (χ1) is 6.45. The summed E-state index contributed by atoms with van der Waals surface area (Å²) in [6.07, 6.45) is 1.54. The van der Waals surface area contributed by atoms with E-state index in [1.165, 1.54) is 6.92 Å². The Morgan fingerprint density at radius 1 is 1.50 bits per heavy atom. The van der Waals surface area contributed by atoms with Crippen LogP contribution < -0.4 is 10.8 Å². The third-order valence-electron chi connectivity index (χ3n) is 1.87. The van der Waals surface area contributed by atoms with E-state index in [9.17, 15) is 14.7 Å². The van der Waals surface area contributed by atoms with Gasteiger partial charge in [0.15, 0.2) is 0 Å². The Morgan fingerprint density at radius 3 is 2.50 bits per heavy atom. The zero-order chi connectivity index (χ0) is 11.1. The molecule has 6 heteroatoms. The molecule has 0 aliphatic rings. The minimum absolute atomic E-state index is 0.217. The van der Waals surface area contributed by atoms with Crippen molar-refractivity contribution >= 4 is 11.9 Å². The number of carboxylic acid groups (broad SMARTS) is 1. The molecule has 0 saturated carbocycles. The van der Waals surface area contributed by atoms with Crippen LogP contribution in [0.3, 0.4) is 0 Å². The van der Waals surface area contributed by atoms with Crippen LogP contribution in [0.1, 0.15) is 26.2 Å². The Kier molecular flexibility index (Phi) is 5.82. The van der Waals surface area contributed by atoms with Gasteiger partial charge in [-0.05, 0) is 12.8 Å². The monoisotopic (exact) mass is 204 g/mol. The van der Waals surface area contributed by atoms with Crippen molar-refractivity contribution in [2.24, 2.45) is 0 Å². The maximum Gasteiger partial charge on any atom is 0.242 e. The van der Waals surface area contributed by atoms with Gasteiger partial charge in [0.2, 0.25) is 5.91 Å². The average molecular weight is 204 g/mol. The van der Waals surface area contributed by atoms with Crippen molar-refractivity contribution in [1.29, 1.82) is 0 Å². The molecule has 0 aromatic rings. The van der Waals surface area contributed by atoms with E-state index >= 15 is 0 Å². The van der Waals surface area contributed by atoms with Crippen LogP contribution in [-0.4, -0.2) is 34.7 Å². The first-order valence-electron chi connectivity index (χ1n) is 4.46. The van der Waals surface area contributed by atoms with Gasteiger partial charge >= 0.3 is 0 Å². The average Bonchev–Trinajstić information content (AvgIpc) is 2.11. The molecule has 0 radical (unpaired) electrons. The normalized spacial score (nSPS) is 12.2. The van der Waals surface area contributed by atoms with Gasteiger partial charge in [0, 0.05) is 19.9 Å². The molecule has 0 spiro atoms. The van der Waals surface area contributed by atoms with Gasteiger partial charge in [-0.3, -0.25) is 10.0 Å². The minimum Gasteiger partial charge on any atom is -0.544 e. The largest absolute Gasteiger partial charge is 0.544 e. The number of nitrogens with zero attached hydrogens (tertiary/aromatic N) is 1. The van der Waals surface area contributed by atoms with E-state index in [0.717, 1.165) is 0 Å². The summed E-state index contributed by atoms with van der Waals surface area (Å²) >= 11 is 0. The number of carbonyl (C=O) groups is 2. The summed E-state index contributed by atoms with van der Waals surface area (Å²) in [5, 5.41) is 19.8. The standard InChI is InChI=1S/C8H16N2O4/c1-6(11)10(14)5-3-2-4-7(9)8(12)13/h7,14H,2-5,9H2,1H3,(H,12,13)/t7-/m0/s1. The molecule has 0 saturated heterocycles. The molecular weight excluding hydrogens is 188 g/mol. The van der Waals surface area contributed by atoms with Crippen LogP contribution in [0.15, 0.2) is 0 Å². The van der Waals surface area contributed by atoms with Crippen LogP contribution in [0, 0.1) is 0 Å². The first-order valence-corrected chi connectivity index (χ1v) is 4.46. The number of aliphatic carboxylic acids is 1. The number of rotatable bonds is 6. The Bertz CT molecular complexity index is 186. The van der Waals surface area contributed by atoms with Crippen LogP contribution in [0.2, 0.25) is 0 Å². The highest BCUT2D eigenvalue weighted by molar-refractivity contribution is 5.71. The van der Waals surface area contributed by atoms with Crippen molar-refractivity contribution in [3.63, 3.8) is 0 Å². The van der Waals surface area contributed by atoms with Crippen LogP contribution in [0.25, 0.3) is 0 Å². The zero-order valence-corrected chi connectivity index (χ0v) is 8.23. The van der Waals surface area contributed by atoms with E-state index in [0.29, 0.717) is 24.3 Å². The van der Waals surface area contributed by atoms with Gasteiger partial charge in [-0.15, -0.1) is 0 Å². The summed E-state index contributed by atoms with van der Waals surface area (Å²) in [5.74, 6) is -1.59. The highest BCUT2D eigenvalue weighted by Crippen LogP contribution is 1.99. The number of carboxylic acids is 1. The summed E-state index contributed by atoms with van der Waals surface area (Å²) in [6, 6.07) is -0.723. The van der Waals surface area contributed by atoms with E-state index in [1.807, 2.05) is 0 Å². The highest BCUT2D eigenvalue weighted by Gasteiger charge is 2.08. The van der Waals surface area contributed by atoms with Crippen molar-refractivity contribution in [1.82, 2.24) is 5.06 Å². The van der Waals surface area contributed by atoms with Crippen LogP contribution in [0.4, 0.5) is 0 Å². The molecule has 1 atom stereocenters. The van der Waals surface area contributed by atoms with Crippen molar-refractivity contribution in [3.05, 3.63) is 0 Å². The SMILES string of the molecule is CC(=O)N(O)CCCC[C@H]([NH3+])C(=O)[O-]. The molecule has 0 aliphatic carbocycles. The van der Waals surface area contributed by atoms with E-state index in [-0.39, 0.29) is 6.54 Å². The highest BCUT2D eigenvalue weighted by atomic mass is 16.5. The number of quaternary nitrogens is 1. The van der Waals surface area contributed by atoms with Gasteiger partial charge in [-0.2, -0.15) is 0 Å². The number of hydrogen-bond acceptors (Lipinski definition) is 4. The van der Waals surface area contributed by atoms with Crippen molar-refractivity contribution in [2.45, 2.75) is 32.2 Å². The lowest BCUT2D eigenvalue weighted by Crippen LogP contribution is -2.68. The number of hydroxylamine groups is 2. The molecule has 0 bridgehead atoms. The summed E-state index contributed by atoms with van der Waals surface area (Å²) in [5.41, 5.74) is 3.38. The van der Waals surface area contributed by atoms with Crippen molar-refractivity contribution < 1.29 is 25.6 Å². The Hall–Kier alpha value is -1.14. The fourth-order valence-electron chi connectivity index (χ4n) is 0.928. The van der Waals surface area contributed by atoms with E-state index < -0.39 is 17.9 Å². The summed E-state index contributed by atoms with van der Waals surface area (Å²) in [7, 11) is 0. The second-order valence-electron chi connectivity index (χ2n) is 3.15. The molecule has 0 aromatic heterocycles. The smallest absolute Gasteiger partial charge is 0.242 e. The van der Waals surface area contributed by atoms with Gasteiger partial charge in [-0.25, -0.2) is 5.06 Å². The van der Waals surface area contributed by atoms with Gasteiger partial charge in [-0.1, -0.05) is 0 Å². The molecule has 6 nitrogen and oxygen atoms in total. The van der Waals surface area contributed by atoms with E-state index in [2.05, 4.69) is 5.73 Å². The quantitative estimate of drug-likeness (QED) is 0.289. The molecule has 1 amide bonds.